The quantitative estimate of drug-likeness (QED) is 0.821. The summed E-state index contributed by atoms with van der Waals surface area (Å²) in [5.41, 5.74) is 8.94. The van der Waals surface area contributed by atoms with E-state index in [2.05, 4.69) is 19.2 Å². The average Bonchev–Trinajstić information content (AvgIpc) is 2.55. The van der Waals surface area contributed by atoms with Crippen molar-refractivity contribution < 1.29 is 9.18 Å². The van der Waals surface area contributed by atoms with Crippen molar-refractivity contribution in [2.45, 2.75) is 30.2 Å². The lowest BCUT2D eigenvalue weighted by Gasteiger charge is -2.48. The maximum Gasteiger partial charge on any atom is 0.248 e. The fourth-order valence-corrected chi connectivity index (χ4v) is 5.46. The zero-order chi connectivity index (χ0) is 17.1. The molecule has 0 saturated carbocycles. The van der Waals surface area contributed by atoms with Crippen molar-refractivity contribution in [3.8, 4) is 0 Å². The highest BCUT2D eigenvalue weighted by molar-refractivity contribution is 7.99. The Morgan fingerprint density at radius 1 is 1.33 bits per heavy atom. The van der Waals surface area contributed by atoms with Gasteiger partial charge in [0.25, 0.3) is 0 Å². The van der Waals surface area contributed by atoms with Crippen molar-refractivity contribution in [2.24, 2.45) is 11.7 Å². The average molecular weight is 342 g/mol. The van der Waals surface area contributed by atoms with Gasteiger partial charge in [-0.05, 0) is 40.8 Å². The zero-order valence-corrected chi connectivity index (χ0v) is 14.4. The van der Waals surface area contributed by atoms with Crippen molar-refractivity contribution in [2.75, 3.05) is 11.1 Å². The van der Waals surface area contributed by atoms with E-state index in [0.717, 1.165) is 27.5 Å². The molecule has 4 rings (SSSR count). The molecule has 2 aromatic carbocycles. The van der Waals surface area contributed by atoms with Crippen LogP contribution in [0.2, 0.25) is 0 Å². The van der Waals surface area contributed by atoms with Gasteiger partial charge in [0.1, 0.15) is 5.82 Å². The van der Waals surface area contributed by atoms with Crippen LogP contribution in [0.15, 0.2) is 41.3 Å². The molecule has 0 aliphatic carbocycles. The van der Waals surface area contributed by atoms with E-state index in [1.54, 1.807) is 23.9 Å². The number of thioether (sulfide) groups is 1. The SMILES string of the molecule is CC1(C)c2cc(C(N)=O)ccc2NC2c3cccc(F)c3SCC21. The van der Waals surface area contributed by atoms with Crippen molar-refractivity contribution in [1.29, 1.82) is 0 Å². The first-order chi connectivity index (χ1) is 11.4. The Morgan fingerprint density at radius 3 is 2.88 bits per heavy atom. The first kappa shape index (κ1) is 15.5. The molecule has 0 saturated heterocycles. The molecule has 2 atom stereocenters. The van der Waals surface area contributed by atoms with E-state index >= 15 is 0 Å². The molecular formula is C19H19FN2OS. The summed E-state index contributed by atoms with van der Waals surface area (Å²) in [6.07, 6.45) is 0. The van der Waals surface area contributed by atoms with E-state index < -0.39 is 5.91 Å². The molecule has 0 bridgehead atoms. The number of carbonyl (C=O) groups is 1. The smallest absolute Gasteiger partial charge is 0.248 e. The van der Waals surface area contributed by atoms with Gasteiger partial charge in [0.15, 0.2) is 0 Å². The standard InChI is InChI=1S/C19H19FN2OS/c1-19(2)12-8-10(18(21)23)6-7-15(12)22-16-11-4-3-5-14(20)17(11)24-9-13(16)19/h3-8,13,16,22H,9H2,1-2H3,(H2,21,23). The molecule has 2 aliphatic rings. The number of rotatable bonds is 1. The summed E-state index contributed by atoms with van der Waals surface area (Å²) in [4.78, 5) is 12.3. The van der Waals surface area contributed by atoms with Crippen LogP contribution in [-0.4, -0.2) is 11.7 Å². The van der Waals surface area contributed by atoms with Gasteiger partial charge in [-0.2, -0.15) is 0 Å². The highest BCUT2D eigenvalue weighted by Gasteiger charge is 2.46. The molecule has 124 valence electrons. The third-order valence-corrected chi connectivity index (χ3v) is 6.62. The summed E-state index contributed by atoms with van der Waals surface area (Å²) in [6, 6.07) is 10.9. The minimum atomic E-state index is -0.416. The molecule has 24 heavy (non-hydrogen) atoms. The van der Waals surface area contributed by atoms with Gasteiger partial charge in [0, 0.05) is 27.8 Å². The number of hydrogen-bond donors (Lipinski definition) is 2. The fraction of sp³-hybridized carbons (Fsp3) is 0.316. The summed E-state index contributed by atoms with van der Waals surface area (Å²) >= 11 is 1.58. The lowest BCUT2D eigenvalue weighted by Crippen LogP contribution is -2.44. The number of hydrogen-bond acceptors (Lipinski definition) is 3. The van der Waals surface area contributed by atoms with Crippen LogP contribution in [0.5, 0.6) is 0 Å². The second kappa shape index (κ2) is 5.24. The van der Waals surface area contributed by atoms with E-state index in [1.165, 1.54) is 6.07 Å². The van der Waals surface area contributed by atoms with Crippen LogP contribution in [0.25, 0.3) is 0 Å². The molecular weight excluding hydrogens is 323 g/mol. The molecule has 0 spiro atoms. The minimum absolute atomic E-state index is 0.0684. The number of nitrogens with one attached hydrogen (secondary N) is 1. The number of primary amides is 1. The number of anilines is 1. The highest BCUT2D eigenvalue weighted by atomic mass is 32.2. The molecule has 2 aliphatic heterocycles. The van der Waals surface area contributed by atoms with Crippen LogP contribution in [0.3, 0.4) is 0 Å². The van der Waals surface area contributed by atoms with Gasteiger partial charge in [0.2, 0.25) is 5.91 Å². The second-order valence-corrected chi connectivity index (χ2v) is 8.07. The number of nitrogens with two attached hydrogens (primary N) is 1. The van der Waals surface area contributed by atoms with E-state index in [4.69, 9.17) is 5.73 Å². The van der Waals surface area contributed by atoms with Gasteiger partial charge in [-0.1, -0.05) is 26.0 Å². The molecule has 2 aromatic rings. The number of amides is 1. The Balaban J connectivity index is 1.86. The van der Waals surface area contributed by atoms with E-state index in [9.17, 15) is 9.18 Å². The van der Waals surface area contributed by atoms with Crippen molar-refractivity contribution >= 4 is 23.4 Å². The highest BCUT2D eigenvalue weighted by Crippen LogP contribution is 2.54. The summed E-state index contributed by atoms with van der Waals surface area (Å²) in [5.74, 6) is 0.567. The van der Waals surface area contributed by atoms with E-state index in [1.807, 2.05) is 18.2 Å². The van der Waals surface area contributed by atoms with Crippen LogP contribution in [0.1, 0.15) is 41.4 Å². The zero-order valence-electron chi connectivity index (χ0n) is 13.6. The van der Waals surface area contributed by atoms with Crippen LogP contribution in [0.4, 0.5) is 10.1 Å². The molecule has 3 N–H and O–H groups in total. The van der Waals surface area contributed by atoms with Gasteiger partial charge in [0.05, 0.1) is 6.04 Å². The maximum absolute atomic E-state index is 14.2. The molecule has 0 fully saturated rings. The minimum Gasteiger partial charge on any atom is -0.378 e. The molecule has 3 nitrogen and oxygen atoms in total. The van der Waals surface area contributed by atoms with Crippen LogP contribution in [0, 0.1) is 11.7 Å². The van der Waals surface area contributed by atoms with Gasteiger partial charge in [-0.25, -0.2) is 4.39 Å². The molecule has 0 aromatic heterocycles. The van der Waals surface area contributed by atoms with Gasteiger partial charge < -0.3 is 11.1 Å². The van der Waals surface area contributed by atoms with Crippen molar-refractivity contribution in [1.82, 2.24) is 0 Å². The fourth-order valence-electron chi connectivity index (χ4n) is 3.94. The van der Waals surface area contributed by atoms with E-state index in [-0.39, 0.29) is 17.3 Å². The largest absolute Gasteiger partial charge is 0.378 e. The lowest BCUT2D eigenvalue weighted by atomic mass is 9.66. The molecule has 2 unspecified atom stereocenters. The number of benzene rings is 2. The Hall–Kier alpha value is -2.01. The Labute approximate surface area is 144 Å². The monoisotopic (exact) mass is 342 g/mol. The van der Waals surface area contributed by atoms with Crippen LogP contribution < -0.4 is 11.1 Å². The van der Waals surface area contributed by atoms with Gasteiger partial charge in [-0.15, -0.1) is 11.8 Å². The molecule has 0 radical (unpaired) electrons. The second-order valence-electron chi connectivity index (χ2n) is 7.04. The summed E-state index contributed by atoms with van der Waals surface area (Å²) in [5, 5.41) is 3.57. The third kappa shape index (κ3) is 2.14. The number of halogens is 1. The first-order valence-corrected chi connectivity index (χ1v) is 9.00. The van der Waals surface area contributed by atoms with E-state index in [0.29, 0.717) is 11.5 Å². The summed E-state index contributed by atoms with van der Waals surface area (Å²) in [7, 11) is 0. The van der Waals surface area contributed by atoms with Crippen molar-refractivity contribution in [3.05, 3.63) is 58.9 Å². The lowest BCUT2D eigenvalue weighted by molar-refractivity contribution is 0.1000. The number of carbonyl (C=O) groups excluding carboxylic acids is 1. The Bertz CT molecular complexity index is 849. The summed E-state index contributed by atoms with van der Waals surface area (Å²) in [6.45, 7) is 4.39. The van der Waals surface area contributed by atoms with Gasteiger partial charge >= 0.3 is 0 Å². The number of fused-ring (bicyclic) bond motifs is 4. The topological polar surface area (TPSA) is 55.1 Å². The first-order valence-electron chi connectivity index (χ1n) is 8.01. The van der Waals surface area contributed by atoms with Crippen LogP contribution >= 0.6 is 11.8 Å². The third-order valence-electron chi connectivity index (χ3n) is 5.38. The normalized spacial score (nSPS) is 23.5. The molecule has 1 amide bonds. The summed E-state index contributed by atoms with van der Waals surface area (Å²) < 4.78 is 14.2. The molecule has 5 heteroatoms. The Morgan fingerprint density at radius 2 is 2.12 bits per heavy atom. The molecule has 2 heterocycles. The Kier molecular flexibility index (Phi) is 3.39. The maximum atomic E-state index is 14.2. The predicted octanol–water partition coefficient (Wildman–Crippen LogP) is 4.09. The predicted molar refractivity (Wildman–Crippen MR) is 95.0 cm³/mol. The van der Waals surface area contributed by atoms with Crippen molar-refractivity contribution in [3.63, 3.8) is 0 Å². The van der Waals surface area contributed by atoms with Crippen LogP contribution in [-0.2, 0) is 5.41 Å². The van der Waals surface area contributed by atoms with Gasteiger partial charge in [-0.3, -0.25) is 4.79 Å².